The van der Waals surface area contributed by atoms with Crippen molar-refractivity contribution in [3.05, 3.63) is 90.2 Å². The number of carbonyl (C=O) groups excluding carboxylic acids is 1. The van der Waals surface area contributed by atoms with Crippen molar-refractivity contribution in [3.8, 4) is 11.5 Å². The van der Waals surface area contributed by atoms with Crippen molar-refractivity contribution in [1.82, 2.24) is 5.43 Å². The lowest BCUT2D eigenvalue weighted by molar-refractivity contribution is -0.119. The largest absolute Gasteiger partial charge is 0.457 e. The molecule has 3 aromatic carbocycles. The molecule has 0 saturated carbocycles. The Bertz CT molecular complexity index is 1170. The van der Waals surface area contributed by atoms with E-state index in [2.05, 4.69) is 10.5 Å². The fraction of sp³-hybridized carbons (Fsp3) is 0.0909. The number of hydrogen-bond acceptors (Lipinski definition) is 5. The number of para-hydroxylation sites is 1. The van der Waals surface area contributed by atoms with Crippen molar-refractivity contribution in [2.45, 2.75) is 0 Å². The maximum absolute atomic E-state index is 13.6. The fourth-order valence-electron chi connectivity index (χ4n) is 2.62. The molecule has 9 heteroatoms. The maximum Gasteiger partial charge on any atom is 0.260 e. The third kappa shape index (κ3) is 6.38. The summed E-state index contributed by atoms with van der Waals surface area (Å²) < 4.78 is 44.6. The summed E-state index contributed by atoms with van der Waals surface area (Å²) in [7, 11) is -3.75. The molecule has 0 spiro atoms. The average Bonchev–Trinajstić information content (AvgIpc) is 2.74. The summed E-state index contributed by atoms with van der Waals surface area (Å²) >= 11 is 0. The van der Waals surface area contributed by atoms with Crippen LogP contribution in [0.3, 0.4) is 0 Å². The summed E-state index contributed by atoms with van der Waals surface area (Å²) in [6.45, 7) is -0.494. The Hall–Kier alpha value is -3.72. The van der Waals surface area contributed by atoms with Gasteiger partial charge in [-0.1, -0.05) is 36.4 Å². The molecule has 31 heavy (non-hydrogen) atoms. The van der Waals surface area contributed by atoms with E-state index in [4.69, 9.17) is 4.74 Å². The molecule has 0 aliphatic heterocycles. The molecule has 0 unspecified atom stereocenters. The van der Waals surface area contributed by atoms with Crippen LogP contribution in [0.25, 0.3) is 0 Å². The van der Waals surface area contributed by atoms with E-state index in [-0.39, 0.29) is 11.3 Å². The fourth-order valence-corrected chi connectivity index (χ4v) is 3.48. The molecular weight excluding hydrogens is 421 g/mol. The lowest BCUT2D eigenvalue weighted by Crippen LogP contribution is -2.39. The molecule has 3 aromatic rings. The lowest BCUT2D eigenvalue weighted by atomic mass is 10.2. The Balaban J connectivity index is 1.67. The van der Waals surface area contributed by atoms with E-state index in [0.29, 0.717) is 11.5 Å². The number of hydrazone groups is 1. The van der Waals surface area contributed by atoms with Gasteiger partial charge in [-0.3, -0.25) is 9.10 Å². The normalized spacial score (nSPS) is 11.3. The molecule has 0 radical (unpaired) electrons. The van der Waals surface area contributed by atoms with Gasteiger partial charge >= 0.3 is 0 Å². The van der Waals surface area contributed by atoms with Crippen LogP contribution in [0.4, 0.5) is 10.1 Å². The zero-order chi connectivity index (χ0) is 22.3. The molecule has 0 aliphatic carbocycles. The second-order valence-electron chi connectivity index (χ2n) is 6.49. The number of rotatable bonds is 8. The van der Waals surface area contributed by atoms with Crippen molar-refractivity contribution < 1.29 is 22.3 Å². The lowest BCUT2D eigenvalue weighted by Gasteiger charge is -2.21. The van der Waals surface area contributed by atoms with Gasteiger partial charge in [0.25, 0.3) is 5.91 Å². The van der Waals surface area contributed by atoms with E-state index in [1.165, 1.54) is 30.3 Å². The Kier molecular flexibility index (Phi) is 6.99. The molecule has 1 amide bonds. The maximum atomic E-state index is 13.6. The van der Waals surface area contributed by atoms with E-state index >= 15 is 0 Å². The molecule has 0 atom stereocenters. The summed E-state index contributed by atoms with van der Waals surface area (Å²) in [6.07, 6.45) is 2.14. The minimum absolute atomic E-state index is 0.191. The molecule has 0 saturated heterocycles. The topological polar surface area (TPSA) is 88.1 Å². The second kappa shape index (κ2) is 9.86. The van der Waals surface area contributed by atoms with Gasteiger partial charge in [0.05, 0.1) is 18.2 Å². The first-order chi connectivity index (χ1) is 14.8. The third-order valence-corrected chi connectivity index (χ3v) is 5.23. The number of benzene rings is 3. The van der Waals surface area contributed by atoms with Crippen molar-refractivity contribution in [3.63, 3.8) is 0 Å². The van der Waals surface area contributed by atoms with Crippen LogP contribution in [-0.4, -0.2) is 33.3 Å². The molecule has 0 bridgehead atoms. The standard InChI is InChI=1S/C22H20FN3O4S/c1-31(28,29)26(16-22(27)25-24-15-17-7-5-6-10-21(17)23)18-11-13-20(14-12-18)30-19-8-3-2-4-9-19/h2-15H,16H2,1H3,(H,25,27)/b24-15+. The predicted octanol–water partition coefficient (Wildman–Crippen LogP) is 3.53. The summed E-state index contributed by atoms with van der Waals surface area (Å²) in [5, 5.41) is 3.69. The minimum atomic E-state index is -3.75. The van der Waals surface area contributed by atoms with Gasteiger partial charge in [0.2, 0.25) is 10.0 Å². The Morgan fingerprint density at radius 1 is 1.00 bits per heavy atom. The molecule has 3 rings (SSSR count). The molecule has 0 aromatic heterocycles. The highest BCUT2D eigenvalue weighted by Crippen LogP contribution is 2.25. The van der Waals surface area contributed by atoms with Gasteiger partial charge in [-0.15, -0.1) is 0 Å². The van der Waals surface area contributed by atoms with Crippen LogP contribution in [0.5, 0.6) is 11.5 Å². The number of amides is 1. The number of nitrogens with zero attached hydrogens (tertiary/aromatic N) is 2. The monoisotopic (exact) mass is 441 g/mol. The zero-order valence-corrected chi connectivity index (χ0v) is 17.4. The second-order valence-corrected chi connectivity index (χ2v) is 8.40. The van der Waals surface area contributed by atoms with E-state index in [1.807, 2.05) is 18.2 Å². The zero-order valence-electron chi connectivity index (χ0n) is 16.6. The minimum Gasteiger partial charge on any atom is -0.457 e. The molecule has 0 fully saturated rings. The summed E-state index contributed by atoms with van der Waals surface area (Å²) in [5.41, 5.74) is 2.69. The van der Waals surface area contributed by atoms with Crippen molar-refractivity contribution in [2.24, 2.45) is 5.10 Å². The Morgan fingerprint density at radius 3 is 2.26 bits per heavy atom. The number of sulfonamides is 1. The van der Waals surface area contributed by atoms with Crippen LogP contribution in [0.1, 0.15) is 5.56 Å². The highest BCUT2D eigenvalue weighted by molar-refractivity contribution is 7.92. The van der Waals surface area contributed by atoms with Gasteiger partial charge in [0.1, 0.15) is 23.9 Å². The van der Waals surface area contributed by atoms with E-state index in [1.54, 1.807) is 30.3 Å². The third-order valence-electron chi connectivity index (χ3n) is 4.09. The molecule has 1 N–H and O–H groups in total. The molecular formula is C22H20FN3O4S. The first kappa shape index (κ1) is 22.0. The van der Waals surface area contributed by atoms with Crippen LogP contribution in [-0.2, 0) is 14.8 Å². The van der Waals surface area contributed by atoms with Crippen LogP contribution in [0.2, 0.25) is 0 Å². The van der Waals surface area contributed by atoms with Crippen LogP contribution < -0.4 is 14.5 Å². The first-order valence-electron chi connectivity index (χ1n) is 9.20. The van der Waals surface area contributed by atoms with Gasteiger partial charge < -0.3 is 4.74 Å². The van der Waals surface area contributed by atoms with Crippen LogP contribution in [0.15, 0.2) is 84.0 Å². The van der Waals surface area contributed by atoms with Gasteiger partial charge in [-0.2, -0.15) is 5.10 Å². The summed E-state index contributed by atoms with van der Waals surface area (Å²) in [6, 6.07) is 21.3. The number of ether oxygens (including phenoxy) is 1. The number of anilines is 1. The molecule has 160 valence electrons. The number of hydrogen-bond donors (Lipinski definition) is 1. The van der Waals surface area contributed by atoms with Gasteiger partial charge in [0.15, 0.2) is 0 Å². The Morgan fingerprint density at radius 2 is 1.61 bits per heavy atom. The first-order valence-corrected chi connectivity index (χ1v) is 11.0. The van der Waals surface area contributed by atoms with Gasteiger partial charge in [-0.05, 0) is 42.5 Å². The van der Waals surface area contributed by atoms with Crippen molar-refractivity contribution in [1.29, 1.82) is 0 Å². The summed E-state index contributed by atoms with van der Waals surface area (Å²) in [5.74, 6) is -0.0108. The Labute approximate surface area is 179 Å². The van der Waals surface area contributed by atoms with E-state index < -0.39 is 28.3 Å². The predicted molar refractivity (Wildman–Crippen MR) is 117 cm³/mol. The average molecular weight is 441 g/mol. The van der Waals surface area contributed by atoms with Gasteiger partial charge in [0, 0.05) is 5.56 Å². The SMILES string of the molecule is CS(=O)(=O)N(CC(=O)N/N=C/c1ccccc1F)c1ccc(Oc2ccccc2)cc1. The smallest absolute Gasteiger partial charge is 0.260 e. The number of carbonyl (C=O) groups is 1. The highest BCUT2D eigenvalue weighted by Gasteiger charge is 2.20. The number of nitrogens with one attached hydrogen (secondary N) is 1. The van der Waals surface area contributed by atoms with E-state index in [9.17, 15) is 17.6 Å². The van der Waals surface area contributed by atoms with Crippen LogP contribution in [0, 0.1) is 5.82 Å². The van der Waals surface area contributed by atoms with Crippen molar-refractivity contribution >= 4 is 27.8 Å². The van der Waals surface area contributed by atoms with Crippen molar-refractivity contribution in [2.75, 3.05) is 17.1 Å². The quantitative estimate of drug-likeness (QED) is 0.428. The molecule has 0 heterocycles. The highest BCUT2D eigenvalue weighted by atomic mass is 32.2. The molecule has 7 nitrogen and oxygen atoms in total. The number of halogens is 1. The summed E-state index contributed by atoms with van der Waals surface area (Å²) in [4.78, 5) is 12.2. The van der Waals surface area contributed by atoms with E-state index in [0.717, 1.165) is 16.8 Å². The molecule has 0 aliphatic rings. The van der Waals surface area contributed by atoms with Gasteiger partial charge in [-0.25, -0.2) is 18.2 Å². The van der Waals surface area contributed by atoms with Crippen LogP contribution >= 0.6 is 0 Å².